The van der Waals surface area contributed by atoms with Gasteiger partial charge in [0.1, 0.15) is 18.9 Å². The number of anilines is 1. The number of hydrogen-bond donors (Lipinski definition) is 1. The average molecular weight is 453 g/mol. The van der Waals surface area contributed by atoms with E-state index in [1.807, 2.05) is 51.1 Å². The highest BCUT2D eigenvalue weighted by Crippen LogP contribution is 2.28. The summed E-state index contributed by atoms with van der Waals surface area (Å²) in [6, 6.07) is 21.2. The molecule has 3 aromatic carbocycles. The van der Waals surface area contributed by atoms with Crippen LogP contribution in [0.5, 0.6) is 5.75 Å². The Morgan fingerprint density at radius 3 is 2.38 bits per heavy atom. The normalized spacial score (nSPS) is 11.1. The van der Waals surface area contributed by atoms with Gasteiger partial charge in [0, 0.05) is 0 Å². The van der Waals surface area contributed by atoms with Crippen molar-refractivity contribution < 1.29 is 17.9 Å². The smallest absolute Gasteiger partial charge is 0.264 e. The number of amides is 1. The summed E-state index contributed by atoms with van der Waals surface area (Å²) in [5, 5.41) is 2.76. The molecule has 0 aliphatic heterocycles. The molecule has 0 heterocycles. The SMILES string of the molecule is Cc1cccc(OCCNC(=O)CN(c2cccc(C)c2C)S(=O)(=O)c2ccccc2)c1. The monoisotopic (exact) mass is 452 g/mol. The molecule has 1 amide bonds. The molecule has 0 saturated carbocycles. The second kappa shape index (κ2) is 10.3. The van der Waals surface area contributed by atoms with Crippen LogP contribution in [-0.4, -0.2) is 34.0 Å². The third-order valence-corrected chi connectivity index (χ3v) is 6.92. The average Bonchev–Trinajstić information content (AvgIpc) is 2.78. The first-order chi connectivity index (χ1) is 15.3. The van der Waals surface area contributed by atoms with Crippen molar-refractivity contribution in [1.29, 1.82) is 0 Å². The number of carbonyl (C=O) groups excluding carboxylic acids is 1. The predicted molar refractivity (Wildman–Crippen MR) is 127 cm³/mol. The van der Waals surface area contributed by atoms with Gasteiger partial charge in [-0.15, -0.1) is 0 Å². The minimum atomic E-state index is -3.93. The number of aryl methyl sites for hydroxylation is 2. The van der Waals surface area contributed by atoms with Crippen molar-refractivity contribution in [1.82, 2.24) is 5.32 Å². The maximum atomic E-state index is 13.4. The Bertz CT molecular complexity index is 1180. The van der Waals surface area contributed by atoms with Gasteiger partial charge >= 0.3 is 0 Å². The van der Waals surface area contributed by atoms with Gasteiger partial charge in [-0.2, -0.15) is 0 Å². The first-order valence-corrected chi connectivity index (χ1v) is 11.8. The van der Waals surface area contributed by atoms with Crippen molar-refractivity contribution >= 4 is 21.6 Å². The van der Waals surface area contributed by atoms with Gasteiger partial charge in [-0.1, -0.05) is 42.5 Å². The van der Waals surface area contributed by atoms with Gasteiger partial charge in [0.25, 0.3) is 10.0 Å². The first-order valence-electron chi connectivity index (χ1n) is 10.4. The number of nitrogens with one attached hydrogen (secondary N) is 1. The highest BCUT2D eigenvalue weighted by atomic mass is 32.2. The minimum Gasteiger partial charge on any atom is -0.492 e. The summed E-state index contributed by atoms with van der Waals surface area (Å²) in [5.41, 5.74) is 3.33. The summed E-state index contributed by atoms with van der Waals surface area (Å²) >= 11 is 0. The van der Waals surface area contributed by atoms with Crippen molar-refractivity contribution in [2.75, 3.05) is 24.0 Å². The van der Waals surface area contributed by atoms with Gasteiger partial charge in [-0.25, -0.2) is 8.42 Å². The van der Waals surface area contributed by atoms with Crippen LogP contribution in [0.1, 0.15) is 16.7 Å². The van der Waals surface area contributed by atoms with Crippen LogP contribution in [0.3, 0.4) is 0 Å². The fourth-order valence-corrected chi connectivity index (χ4v) is 4.78. The molecule has 168 valence electrons. The Labute approximate surface area is 189 Å². The Hall–Kier alpha value is -3.32. The van der Waals surface area contributed by atoms with E-state index in [1.165, 1.54) is 16.4 Å². The zero-order valence-electron chi connectivity index (χ0n) is 18.5. The number of hydrogen-bond acceptors (Lipinski definition) is 4. The first kappa shape index (κ1) is 23.3. The Morgan fingerprint density at radius 2 is 1.66 bits per heavy atom. The number of sulfonamides is 1. The maximum Gasteiger partial charge on any atom is 0.264 e. The van der Waals surface area contributed by atoms with Crippen LogP contribution in [0.2, 0.25) is 0 Å². The molecule has 0 fully saturated rings. The molecule has 3 rings (SSSR count). The summed E-state index contributed by atoms with van der Waals surface area (Å²) in [7, 11) is -3.93. The van der Waals surface area contributed by atoms with E-state index in [0.29, 0.717) is 5.69 Å². The molecule has 0 saturated heterocycles. The highest BCUT2D eigenvalue weighted by molar-refractivity contribution is 7.92. The molecule has 0 aromatic heterocycles. The third kappa shape index (κ3) is 5.68. The Kier molecular flexibility index (Phi) is 7.53. The molecule has 0 radical (unpaired) electrons. The molecule has 6 nitrogen and oxygen atoms in total. The molecule has 32 heavy (non-hydrogen) atoms. The maximum absolute atomic E-state index is 13.4. The number of carbonyl (C=O) groups is 1. The summed E-state index contributed by atoms with van der Waals surface area (Å²) in [6.07, 6.45) is 0. The summed E-state index contributed by atoms with van der Waals surface area (Å²) in [6.45, 7) is 5.96. The molecule has 0 spiro atoms. The summed E-state index contributed by atoms with van der Waals surface area (Å²) in [5.74, 6) is 0.321. The van der Waals surface area contributed by atoms with Crippen LogP contribution in [0.4, 0.5) is 5.69 Å². The van der Waals surface area contributed by atoms with E-state index in [0.717, 1.165) is 22.4 Å². The summed E-state index contributed by atoms with van der Waals surface area (Å²) < 4.78 is 33.6. The van der Waals surface area contributed by atoms with E-state index >= 15 is 0 Å². The van der Waals surface area contributed by atoms with Gasteiger partial charge in [-0.3, -0.25) is 9.10 Å². The van der Waals surface area contributed by atoms with Gasteiger partial charge in [0.15, 0.2) is 0 Å². The topological polar surface area (TPSA) is 75.7 Å². The van der Waals surface area contributed by atoms with E-state index in [4.69, 9.17) is 4.74 Å². The highest BCUT2D eigenvalue weighted by Gasteiger charge is 2.28. The Morgan fingerprint density at radius 1 is 0.938 bits per heavy atom. The molecule has 0 bridgehead atoms. The molecular formula is C25H28N2O4S. The van der Waals surface area contributed by atoms with Crippen LogP contribution in [0, 0.1) is 20.8 Å². The van der Waals surface area contributed by atoms with Crippen molar-refractivity contribution in [2.24, 2.45) is 0 Å². The minimum absolute atomic E-state index is 0.136. The molecular weight excluding hydrogens is 424 g/mol. The van der Waals surface area contributed by atoms with Crippen molar-refractivity contribution in [3.63, 3.8) is 0 Å². The number of rotatable bonds is 9. The standard InChI is InChI=1S/C25H28N2O4S/c1-19-9-7-11-22(17-19)31-16-15-26-25(28)18-27(24-14-8-10-20(2)21(24)3)32(29,30)23-12-5-4-6-13-23/h4-14,17H,15-16,18H2,1-3H3,(H,26,28). The van der Waals surface area contributed by atoms with Gasteiger partial charge in [-0.05, 0) is 67.8 Å². The lowest BCUT2D eigenvalue weighted by Gasteiger charge is -2.26. The molecule has 0 aliphatic rings. The molecule has 0 atom stereocenters. The fourth-order valence-electron chi connectivity index (χ4n) is 3.28. The lowest BCUT2D eigenvalue weighted by Crippen LogP contribution is -2.42. The second-order valence-electron chi connectivity index (χ2n) is 7.56. The third-order valence-electron chi connectivity index (χ3n) is 5.15. The Balaban J connectivity index is 1.74. The molecule has 0 aliphatic carbocycles. The number of benzene rings is 3. The summed E-state index contributed by atoms with van der Waals surface area (Å²) in [4.78, 5) is 12.8. The second-order valence-corrected chi connectivity index (χ2v) is 9.42. The van der Waals surface area contributed by atoms with E-state index < -0.39 is 15.9 Å². The zero-order chi connectivity index (χ0) is 23.1. The number of nitrogens with zero attached hydrogens (tertiary/aromatic N) is 1. The molecule has 1 N–H and O–H groups in total. The van der Waals surface area contributed by atoms with Crippen LogP contribution in [0.15, 0.2) is 77.7 Å². The van der Waals surface area contributed by atoms with Crippen LogP contribution >= 0.6 is 0 Å². The van der Waals surface area contributed by atoms with Gasteiger partial charge < -0.3 is 10.1 Å². The van der Waals surface area contributed by atoms with Crippen molar-refractivity contribution in [3.05, 3.63) is 89.5 Å². The predicted octanol–water partition coefficient (Wildman–Crippen LogP) is 4.00. The van der Waals surface area contributed by atoms with E-state index in [-0.39, 0.29) is 24.6 Å². The van der Waals surface area contributed by atoms with E-state index in [9.17, 15) is 13.2 Å². The van der Waals surface area contributed by atoms with Crippen LogP contribution in [-0.2, 0) is 14.8 Å². The molecule has 3 aromatic rings. The van der Waals surface area contributed by atoms with Crippen molar-refractivity contribution in [2.45, 2.75) is 25.7 Å². The molecule has 0 unspecified atom stereocenters. The zero-order valence-corrected chi connectivity index (χ0v) is 19.4. The van der Waals surface area contributed by atoms with Gasteiger partial charge in [0.05, 0.1) is 17.1 Å². The largest absolute Gasteiger partial charge is 0.492 e. The number of ether oxygens (including phenoxy) is 1. The fraction of sp³-hybridized carbons (Fsp3) is 0.240. The lowest BCUT2D eigenvalue weighted by atomic mass is 10.1. The van der Waals surface area contributed by atoms with Gasteiger partial charge in [0.2, 0.25) is 5.91 Å². The van der Waals surface area contributed by atoms with Crippen LogP contribution < -0.4 is 14.4 Å². The quantitative estimate of drug-likeness (QED) is 0.498. The lowest BCUT2D eigenvalue weighted by molar-refractivity contribution is -0.119. The molecule has 7 heteroatoms. The van der Waals surface area contributed by atoms with E-state index in [1.54, 1.807) is 30.3 Å². The van der Waals surface area contributed by atoms with Crippen LogP contribution in [0.25, 0.3) is 0 Å². The van der Waals surface area contributed by atoms with Crippen molar-refractivity contribution in [3.8, 4) is 5.75 Å². The van der Waals surface area contributed by atoms with E-state index in [2.05, 4.69) is 5.32 Å².